The van der Waals surface area contributed by atoms with Gasteiger partial charge in [0.05, 0.1) is 6.54 Å². The molecule has 4 heteroatoms. The van der Waals surface area contributed by atoms with Crippen LogP contribution < -0.4 is 5.32 Å². The lowest BCUT2D eigenvalue weighted by atomic mass is 9.49. The summed E-state index contributed by atoms with van der Waals surface area (Å²) in [5, 5.41) is 12.2. The molecule has 1 heterocycles. The number of rotatable bonds is 3. The molecule has 4 saturated carbocycles. The highest BCUT2D eigenvalue weighted by atomic mass is 16.4. The molecule has 0 aliphatic heterocycles. The second-order valence-corrected chi connectivity index (χ2v) is 8.80. The van der Waals surface area contributed by atoms with E-state index in [0.717, 1.165) is 29.5 Å². The van der Waals surface area contributed by atoms with Gasteiger partial charge < -0.3 is 9.73 Å². The van der Waals surface area contributed by atoms with Gasteiger partial charge in [0, 0.05) is 11.0 Å². The number of hydrogen-bond donors (Lipinski definition) is 1. The average molecular weight is 289 g/mol. The predicted octanol–water partition coefficient (Wildman–Crippen LogP) is 3.43. The van der Waals surface area contributed by atoms with Gasteiger partial charge in [-0.3, -0.25) is 0 Å². The van der Waals surface area contributed by atoms with Crippen molar-refractivity contribution in [2.75, 3.05) is 0 Å². The standard InChI is InChI=1S/C17H27N3O/c1-16(2,3)18-10-14-19-20-15(21-14)17-7-11-4-12(8-17)6-13(5-11)9-17/h11-13,18H,4-10H2,1-3H3. The third kappa shape index (κ3) is 2.52. The quantitative estimate of drug-likeness (QED) is 0.926. The molecular weight excluding hydrogens is 262 g/mol. The zero-order chi connectivity index (χ0) is 14.7. The Bertz CT molecular complexity index is 493. The molecule has 116 valence electrons. The predicted molar refractivity (Wildman–Crippen MR) is 80.7 cm³/mol. The van der Waals surface area contributed by atoms with Crippen LogP contribution in [0.5, 0.6) is 0 Å². The summed E-state index contributed by atoms with van der Waals surface area (Å²) in [5.41, 5.74) is 0.303. The van der Waals surface area contributed by atoms with Gasteiger partial charge in [-0.25, -0.2) is 0 Å². The summed E-state index contributed by atoms with van der Waals surface area (Å²) < 4.78 is 6.08. The molecule has 0 aromatic carbocycles. The van der Waals surface area contributed by atoms with Crippen molar-refractivity contribution in [2.24, 2.45) is 17.8 Å². The van der Waals surface area contributed by atoms with Crippen molar-refractivity contribution in [1.82, 2.24) is 15.5 Å². The monoisotopic (exact) mass is 289 g/mol. The zero-order valence-corrected chi connectivity index (χ0v) is 13.5. The fraction of sp³-hybridized carbons (Fsp3) is 0.882. The Morgan fingerprint density at radius 2 is 1.62 bits per heavy atom. The van der Waals surface area contributed by atoms with E-state index in [1.165, 1.54) is 38.5 Å². The summed E-state index contributed by atoms with van der Waals surface area (Å²) >= 11 is 0. The van der Waals surface area contributed by atoms with E-state index in [1.807, 2.05) is 0 Å². The largest absolute Gasteiger partial charge is 0.423 e. The first-order valence-electron chi connectivity index (χ1n) is 8.50. The second kappa shape index (κ2) is 4.55. The summed E-state index contributed by atoms with van der Waals surface area (Å²) in [4.78, 5) is 0. The van der Waals surface area contributed by atoms with Crippen LogP contribution in [0.25, 0.3) is 0 Å². The zero-order valence-electron chi connectivity index (χ0n) is 13.5. The summed E-state index contributed by atoms with van der Waals surface area (Å²) in [7, 11) is 0. The maximum absolute atomic E-state index is 6.08. The molecule has 0 saturated heterocycles. The molecule has 0 amide bonds. The van der Waals surface area contributed by atoms with Crippen molar-refractivity contribution < 1.29 is 4.42 Å². The van der Waals surface area contributed by atoms with Crippen LogP contribution in [0.15, 0.2) is 4.42 Å². The van der Waals surface area contributed by atoms with E-state index in [9.17, 15) is 0 Å². The highest BCUT2D eigenvalue weighted by molar-refractivity contribution is 5.14. The van der Waals surface area contributed by atoms with Gasteiger partial charge in [-0.2, -0.15) is 0 Å². The Balaban J connectivity index is 1.53. The minimum Gasteiger partial charge on any atom is -0.423 e. The van der Waals surface area contributed by atoms with Crippen LogP contribution in [-0.2, 0) is 12.0 Å². The molecule has 21 heavy (non-hydrogen) atoms. The molecule has 4 fully saturated rings. The number of nitrogens with zero attached hydrogens (tertiary/aromatic N) is 2. The van der Waals surface area contributed by atoms with Gasteiger partial charge in [0.25, 0.3) is 0 Å². The third-order valence-electron chi connectivity index (χ3n) is 5.73. The fourth-order valence-corrected chi connectivity index (χ4v) is 5.25. The first kappa shape index (κ1) is 13.7. The van der Waals surface area contributed by atoms with Crippen LogP contribution in [-0.4, -0.2) is 15.7 Å². The third-order valence-corrected chi connectivity index (χ3v) is 5.73. The highest BCUT2D eigenvalue weighted by Gasteiger charge is 2.54. The minimum atomic E-state index is 0.0787. The molecule has 0 atom stereocenters. The van der Waals surface area contributed by atoms with E-state index in [-0.39, 0.29) is 11.0 Å². The van der Waals surface area contributed by atoms with Crippen molar-refractivity contribution in [1.29, 1.82) is 0 Å². The van der Waals surface area contributed by atoms with Crippen LogP contribution in [0.1, 0.15) is 71.1 Å². The minimum absolute atomic E-state index is 0.0787. The van der Waals surface area contributed by atoms with Gasteiger partial charge in [-0.05, 0) is 77.0 Å². The van der Waals surface area contributed by atoms with Crippen LogP contribution >= 0.6 is 0 Å². The Morgan fingerprint density at radius 3 is 2.14 bits per heavy atom. The van der Waals surface area contributed by atoms with Gasteiger partial charge in [0.1, 0.15) is 0 Å². The van der Waals surface area contributed by atoms with Crippen molar-refractivity contribution in [3.63, 3.8) is 0 Å². The highest BCUT2D eigenvalue weighted by Crippen LogP contribution is 2.60. The van der Waals surface area contributed by atoms with Gasteiger partial charge in [-0.1, -0.05) is 0 Å². The second-order valence-electron chi connectivity index (χ2n) is 8.80. The van der Waals surface area contributed by atoms with E-state index < -0.39 is 0 Å². The smallest absolute Gasteiger partial charge is 0.230 e. The summed E-state index contributed by atoms with van der Waals surface area (Å²) in [5.74, 6) is 4.43. The van der Waals surface area contributed by atoms with Gasteiger partial charge in [0.15, 0.2) is 0 Å². The lowest BCUT2D eigenvalue weighted by Gasteiger charge is -2.55. The molecule has 1 aromatic heterocycles. The molecule has 0 spiro atoms. The fourth-order valence-electron chi connectivity index (χ4n) is 5.25. The summed E-state index contributed by atoms with van der Waals surface area (Å²) in [6.45, 7) is 7.14. The SMILES string of the molecule is CC(C)(C)NCc1nnc(C23CC4CC(CC(C4)C2)C3)o1. The number of hydrogen-bond acceptors (Lipinski definition) is 4. The first-order valence-corrected chi connectivity index (χ1v) is 8.50. The van der Waals surface area contributed by atoms with E-state index in [4.69, 9.17) is 4.42 Å². The van der Waals surface area contributed by atoms with Crippen molar-refractivity contribution in [2.45, 2.75) is 76.8 Å². The Morgan fingerprint density at radius 1 is 1.05 bits per heavy atom. The normalized spacial score (nSPS) is 38.1. The van der Waals surface area contributed by atoms with E-state index in [1.54, 1.807) is 0 Å². The lowest BCUT2D eigenvalue weighted by Crippen LogP contribution is -2.48. The Kier molecular flexibility index (Phi) is 2.97. The van der Waals surface area contributed by atoms with Crippen molar-refractivity contribution in [3.05, 3.63) is 11.8 Å². The molecule has 0 radical (unpaired) electrons. The molecule has 4 aliphatic rings. The molecule has 4 bridgehead atoms. The number of nitrogens with one attached hydrogen (secondary N) is 1. The van der Waals surface area contributed by atoms with Gasteiger partial charge in [-0.15, -0.1) is 10.2 Å². The lowest BCUT2D eigenvalue weighted by molar-refractivity contribution is -0.0183. The van der Waals surface area contributed by atoms with Crippen LogP contribution in [0.3, 0.4) is 0 Å². The maximum Gasteiger partial charge on any atom is 0.230 e. The van der Waals surface area contributed by atoms with E-state index >= 15 is 0 Å². The van der Waals surface area contributed by atoms with Crippen LogP contribution in [0, 0.1) is 17.8 Å². The topological polar surface area (TPSA) is 51.0 Å². The summed E-state index contributed by atoms with van der Waals surface area (Å²) in [6.07, 6.45) is 8.21. The van der Waals surface area contributed by atoms with E-state index in [2.05, 4.69) is 36.3 Å². The molecule has 4 aliphatic carbocycles. The molecular formula is C17H27N3O. The van der Waals surface area contributed by atoms with Crippen LogP contribution in [0.2, 0.25) is 0 Å². The molecule has 4 nitrogen and oxygen atoms in total. The van der Waals surface area contributed by atoms with Gasteiger partial charge in [0.2, 0.25) is 11.8 Å². The van der Waals surface area contributed by atoms with E-state index in [0.29, 0.717) is 6.54 Å². The maximum atomic E-state index is 6.08. The van der Waals surface area contributed by atoms with Gasteiger partial charge >= 0.3 is 0 Å². The Labute approximate surface area is 127 Å². The molecule has 0 unspecified atom stereocenters. The van der Waals surface area contributed by atoms with Crippen molar-refractivity contribution >= 4 is 0 Å². The molecule has 1 N–H and O–H groups in total. The molecule has 5 rings (SSSR count). The summed E-state index contributed by atoms with van der Waals surface area (Å²) in [6, 6.07) is 0. The molecule has 1 aromatic rings. The average Bonchev–Trinajstić information content (AvgIpc) is 2.83. The Hall–Kier alpha value is -0.900. The number of aromatic nitrogens is 2. The van der Waals surface area contributed by atoms with Crippen molar-refractivity contribution in [3.8, 4) is 0 Å². The van der Waals surface area contributed by atoms with Crippen LogP contribution in [0.4, 0.5) is 0 Å². The first-order chi connectivity index (χ1) is 9.92.